The zero-order valence-corrected chi connectivity index (χ0v) is 11.7. The van der Waals surface area contributed by atoms with Crippen LogP contribution in [0.2, 0.25) is 5.02 Å². The van der Waals surface area contributed by atoms with Gasteiger partial charge in [-0.25, -0.2) is 0 Å². The lowest BCUT2D eigenvalue weighted by Gasteiger charge is -2.20. The van der Waals surface area contributed by atoms with E-state index in [4.69, 9.17) is 11.6 Å². The fourth-order valence-corrected chi connectivity index (χ4v) is 3.43. The SMILES string of the molecule is CC1(C)c2cc3ccc(Cl)cc3cc2-c2[nH]ccc21. The average molecular weight is 268 g/mol. The van der Waals surface area contributed by atoms with E-state index in [9.17, 15) is 0 Å². The monoisotopic (exact) mass is 267 g/mol. The van der Waals surface area contributed by atoms with Crippen molar-refractivity contribution in [2.75, 3.05) is 0 Å². The van der Waals surface area contributed by atoms with E-state index in [1.807, 2.05) is 18.3 Å². The molecule has 0 amide bonds. The van der Waals surface area contributed by atoms with Crippen LogP contribution in [0.3, 0.4) is 0 Å². The Bertz CT molecular complexity index is 811. The maximum absolute atomic E-state index is 6.10. The fraction of sp³-hybridized carbons (Fsp3) is 0.176. The predicted octanol–water partition coefficient (Wildman–Crippen LogP) is 5.13. The molecular weight excluding hydrogens is 254 g/mol. The van der Waals surface area contributed by atoms with Crippen molar-refractivity contribution in [3.63, 3.8) is 0 Å². The van der Waals surface area contributed by atoms with E-state index >= 15 is 0 Å². The minimum Gasteiger partial charge on any atom is -0.361 e. The van der Waals surface area contributed by atoms with Crippen molar-refractivity contribution in [2.24, 2.45) is 0 Å². The highest BCUT2D eigenvalue weighted by molar-refractivity contribution is 6.31. The number of H-pyrrole nitrogens is 1. The van der Waals surface area contributed by atoms with E-state index in [1.165, 1.54) is 33.2 Å². The van der Waals surface area contributed by atoms with Crippen LogP contribution in [0, 0.1) is 0 Å². The molecule has 1 aromatic heterocycles. The summed E-state index contributed by atoms with van der Waals surface area (Å²) in [7, 11) is 0. The molecule has 3 aromatic rings. The Hall–Kier alpha value is -1.73. The third kappa shape index (κ3) is 1.36. The maximum Gasteiger partial charge on any atom is 0.0498 e. The molecule has 1 N–H and O–H groups in total. The van der Waals surface area contributed by atoms with Crippen molar-refractivity contribution >= 4 is 22.4 Å². The van der Waals surface area contributed by atoms with Crippen LogP contribution >= 0.6 is 11.6 Å². The zero-order chi connectivity index (χ0) is 13.2. The molecule has 1 aliphatic rings. The Morgan fingerprint density at radius 1 is 0.947 bits per heavy atom. The van der Waals surface area contributed by atoms with Gasteiger partial charge in [0.15, 0.2) is 0 Å². The summed E-state index contributed by atoms with van der Waals surface area (Å²) in [6.07, 6.45) is 2.03. The fourth-order valence-electron chi connectivity index (χ4n) is 3.25. The lowest BCUT2D eigenvalue weighted by molar-refractivity contribution is 0.662. The lowest BCUT2D eigenvalue weighted by Crippen LogP contribution is -2.14. The molecule has 0 unspecified atom stereocenters. The van der Waals surface area contributed by atoms with Crippen molar-refractivity contribution in [1.29, 1.82) is 0 Å². The van der Waals surface area contributed by atoms with Crippen LogP contribution in [0.4, 0.5) is 0 Å². The first-order chi connectivity index (χ1) is 9.07. The van der Waals surface area contributed by atoms with Gasteiger partial charge in [-0.1, -0.05) is 31.5 Å². The first-order valence-electron chi connectivity index (χ1n) is 6.49. The second kappa shape index (κ2) is 3.43. The van der Waals surface area contributed by atoms with Crippen LogP contribution in [0.5, 0.6) is 0 Å². The van der Waals surface area contributed by atoms with Crippen molar-refractivity contribution < 1.29 is 0 Å². The van der Waals surface area contributed by atoms with Gasteiger partial charge in [-0.3, -0.25) is 0 Å². The summed E-state index contributed by atoms with van der Waals surface area (Å²) >= 11 is 6.10. The molecule has 19 heavy (non-hydrogen) atoms. The van der Waals surface area contributed by atoms with Gasteiger partial charge in [-0.15, -0.1) is 0 Å². The van der Waals surface area contributed by atoms with Crippen LogP contribution in [-0.4, -0.2) is 4.98 Å². The Morgan fingerprint density at radius 3 is 2.63 bits per heavy atom. The standard InChI is InChI=1S/C17H14ClN/c1-17(2)14-5-6-19-16(14)13-8-11-7-12(18)4-3-10(11)9-15(13)17/h3-9,19H,1-2H3. The highest BCUT2D eigenvalue weighted by Crippen LogP contribution is 2.49. The molecule has 0 saturated carbocycles. The molecule has 0 spiro atoms. The van der Waals surface area contributed by atoms with E-state index in [1.54, 1.807) is 0 Å². The number of halogens is 1. The second-order valence-corrected chi connectivity index (χ2v) is 6.22. The molecule has 0 radical (unpaired) electrons. The second-order valence-electron chi connectivity index (χ2n) is 5.78. The van der Waals surface area contributed by atoms with E-state index in [0.717, 1.165) is 5.02 Å². The molecule has 0 aliphatic heterocycles. The molecule has 0 fully saturated rings. The summed E-state index contributed by atoms with van der Waals surface area (Å²) in [5, 5.41) is 3.24. The lowest BCUT2D eigenvalue weighted by atomic mass is 9.82. The van der Waals surface area contributed by atoms with Gasteiger partial charge in [-0.05, 0) is 52.2 Å². The third-order valence-corrected chi connectivity index (χ3v) is 4.54. The van der Waals surface area contributed by atoms with Gasteiger partial charge in [0, 0.05) is 27.9 Å². The topological polar surface area (TPSA) is 15.8 Å². The summed E-state index contributed by atoms with van der Waals surface area (Å²) in [5.41, 5.74) is 5.40. The Labute approximate surface area is 117 Å². The van der Waals surface area contributed by atoms with Crippen LogP contribution in [0.15, 0.2) is 42.6 Å². The van der Waals surface area contributed by atoms with E-state index in [-0.39, 0.29) is 5.41 Å². The number of benzene rings is 2. The average Bonchev–Trinajstić information content (AvgIpc) is 2.92. The summed E-state index contributed by atoms with van der Waals surface area (Å²) < 4.78 is 0. The summed E-state index contributed by atoms with van der Waals surface area (Å²) in [5.74, 6) is 0. The van der Waals surface area contributed by atoms with Crippen LogP contribution in [0.25, 0.3) is 22.0 Å². The van der Waals surface area contributed by atoms with Gasteiger partial charge < -0.3 is 4.98 Å². The summed E-state index contributed by atoms with van der Waals surface area (Å²) in [6.45, 7) is 4.57. The van der Waals surface area contributed by atoms with Gasteiger partial charge >= 0.3 is 0 Å². The summed E-state index contributed by atoms with van der Waals surface area (Å²) in [4.78, 5) is 3.38. The van der Waals surface area contributed by atoms with Crippen molar-refractivity contribution in [2.45, 2.75) is 19.3 Å². The molecule has 2 aromatic carbocycles. The van der Waals surface area contributed by atoms with Crippen LogP contribution < -0.4 is 0 Å². The number of hydrogen-bond acceptors (Lipinski definition) is 0. The first-order valence-corrected chi connectivity index (χ1v) is 6.87. The molecule has 0 saturated heterocycles. The highest BCUT2D eigenvalue weighted by Gasteiger charge is 2.36. The van der Waals surface area contributed by atoms with E-state index in [0.29, 0.717) is 0 Å². The normalized spacial score (nSPS) is 15.5. The van der Waals surface area contributed by atoms with E-state index in [2.05, 4.69) is 43.1 Å². The molecule has 0 atom stereocenters. The number of rotatable bonds is 0. The Morgan fingerprint density at radius 2 is 1.79 bits per heavy atom. The number of fused-ring (bicyclic) bond motifs is 4. The molecule has 4 rings (SSSR count). The Balaban J connectivity index is 2.13. The first kappa shape index (κ1) is 11.1. The molecular formula is C17H14ClN. The smallest absolute Gasteiger partial charge is 0.0498 e. The van der Waals surface area contributed by atoms with Gasteiger partial charge in [-0.2, -0.15) is 0 Å². The minimum atomic E-state index is 0.0679. The minimum absolute atomic E-state index is 0.0679. The third-order valence-electron chi connectivity index (χ3n) is 4.30. The molecule has 94 valence electrons. The molecule has 1 heterocycles. The maximum atomic E-state index is 6.10. The van der Waals surface area contributed by atoms with Gasteiger partial charge in [0.2, 0.25) is 0 Å². The van der Waals surface area contributed by atoms with E-state index < -0.39 is 0 Å². The van der Waals surface area contributed by atoms with Crippen LogP contribution in [-0.2, 0) is 5.41 Å². The summed E-state index contributed by atoms with van der Waals surface area (Å²) in [6, 6.07) is 12.8. The number of aromatic amines is 1. The molecule has 1 aliphatic carbocycles. The van der Waals surface area contributed by atoms with Gasteiger partial charge in [0.1, 0.15) is 0 Å². The number of hydrogen-bond donors (Lipinski definition) is 1. The largest absolute Gasteiger partial charge is 0.361 e. The quantitative estimate of drug-likeness (QED) is 0.581. The number of aromatic nitrogens is 1. The Kier molecular flexibility index (Phi) is 2.01. The predicted molar refractivity (Wildman–Crippen MR) is 80.9 cm³/mol. The zero-order valence-electron chi connectivity index (χ0n) is 10.9. The van der Waals surface area contributed by atoms with Crippen LogP contribution in [0.1, 0.15) is 25.0 Å². The molecule has 1 nitrogen and oxygen atoms in total. The van der Waals surface area contributed by atoms with Crippen molar-refractivity contribution in [3.8, 4) is 11.3 Å². The highest BCUT2D eigenvalue weighted by atomic mass is 35.5. The number of nitrogens with one attached hydrogen (secondary N) is 1. The molecule has 0 bridgehead atoms. The molecule has 2 heteroatoms. The van der Waals surface area contributed by atoms with Gasteiger partial charge in [0.05, 0.1) is 0 Å². The van der Waals surface area contributed by atoms with Crippen molar-refractivity contribution in [3.05, 3.63) is 58.7 Å². The van der Waals surface area contributed by atoms with Crippen molar-refractivity contribution in [1.82, 2.24) is 4.98 Å². The van der Waals surface area contributed by atoms with Gasteiger partial charge in [0.25, 0.3) is 0 Å².